The van der Waals surface area contributed by atoms with E-state index in [4.69, 9.17) is 14.2 Å². The van der Waals surface area contributed by atoms with Gasteiger partial charge in [0, 0.05) is 18.3 Å². The number of cyclic esters (lactones) is 1. The number of ether oxygens (including phenoxy) is 3. The van der Waals surface area contributed by atoms with Gasteiger partial charge in [-0.1, -0.05) is 56.4 Å². The Morgan fingerprint density at radius 3 is 2.70 bits per heavy atom. The van der Waals surface area contributed by atoms with Gasteiger partial charge in [0.15, 0.2) is 5.79 Å². The van der Waals surface area contributed by atoms with Crippen LogP contribution in [0, 0.1) is 11.8 Å². The fourth-order valence-electron chi connectivity index (χ4n) is 3.73. The second kappa shape index (κ2) is 7.38. The van der Waals surface area contributed by atoms with Crippen molar-refractivity contribution in [3.63, 3.8) is 0 Å². The highest BCUT2D eigenvalue weighted by atomic mass is 16.7. The summed E-state index contributed by atoms with van der Waals surface area (Å²) in [4.78, 5) is 12.6. The number of hydrogen-bond donors (Lipinski definition) is 1. The molecule has 3 heterocycles. The van der Waals surface area contributed by atoms with E-state index < -0.39 is 17.9 Å². The van der Waals surface area contributed by atoms with Gasteiger partial charge in [0.25, 0.3) is 0 Å². The molecule has 7 atom stereocenters. The van der Waals surface area contributed by atoms with Crippen LogP contribution >= 0.6 is 0 Å². The Morgan fingerprint density at radius 2 is 2.04 bits per heavy atom. The highest BCUT2D eigenvalue weighted by Gasteiger charge is 2.53. The van der Waals surface area contributed by atoms with Crippen LogP contribution in [0.3, 0.4) is 0 Å². The predicted octanol–water partition coefficient (Wildman–Crippen LogP) is 3.45. The van der Waals surface area contributed by atoms with Gasteiger partial charge in [0.1, 0.15) is 18.6 Å². The zero-order valence-electron chi connectivity index (χ0n) is 16.4. The summed E-state index contributed by atoms with van der Waals surface area (Å²) in [7, 11) is 0. The normalized spacial score (nSPS) is 41.9. The molecule has 0 radical (unpaired) electrons. The maximum Gasteiger partial charge on any atom is 0.311 e. The van der Waals surface area contributed by atoms with E-state index in [1.54, 1.807) is 0 Å². The molecule has 0 saturated carbocycles. The number of carbonyl (C=O) groups excluding carboxylic acids is 1. The first-order valence-corrected chi connectivity index (χ1v) is 9.55. The van der Waals surface area contributed by atoms with Crippen LogP contribution in [0.4, 0.5) is 0 Å². The van der Waals surface area contributed by atoms with E-state index in [2.05, 4.69) is 19.7 Å². The van der Waals surface area contributed by atoms with E-state index in [1.807, 2.05) is 32.9 Å². The molecule has 1 N–H and O–H groups in total. The van der Waals surface area contributed by atoms with Crippen molar-refractivity contribution in [3.8, 4) is 0 Å². The van der Waals surface area contributed by atoms with E-state index in [-0.39, 0.29) is 36.6 Å². The van der Waals surface area contributed by atoms with Gasteiger partial charge < -0.3 is 19.3 Å². The van der Waals surface area contributed by atoms with Crippen LogP contribution in [-0.2, 0) is 19.0 Å². The lowest BCUT2D eigenvalue weighted by Gasteiger charge is -2.42. The summed E-state index contributed by atoms with van der Waals surface area (Å²) >= 11 is 0. The molecule has 2 bridgehead atoms. The monoisotopic (exact) mass is 374 g/mol. The molecular formula is C22H30O5. The summed E-state index contributed by atoms with van der Waals surface area (Å²) in [5.41, 5.74) is 2.66. The van der Waals surface area contributed by atoms with Gasteiger partial charge in [0.2, 0.25) is 0 Å². The molecule has 5 nitrogen and oxygen atoms in total. The fraction of sp³-hybridized carbons (Fsp3) is 0.591. The largest absolute Gasteiger partial charge is 0.457 e. The van der Waals surface area contributed by atoms with Gasteiger partial charge in [-0.2, -0.15) is 0 Å². The van der Waals surface area contributed by atoms with E-state index >= 15 is 0 Å². The molecule has 148 valence electrons. The number of epoxide rings is 1. The highest BCUT2D eigenvalue weighted by Crippen LogP contribution is 2.44. The van der Waals surface area contributed by atoms with Crippen LogP contribution in [0.2, 0.25) is 0 Å². The molecular weight excluding hydrogens is 344 g/mol. The lowest BCUT2D eigenvalue weighted by Crippen LogP contribution is -2.51. The van der Waals surface area contributed by atoms with Gasteiger partial charge in [-0.25, -0.2) is 0 Å². The van der Waals surface area contributed by atoms with Crippen molar-refractivity contribution in [2.45, 2.75) is 70.2 Å². The first-order valence-electron chi connectivity index (χ1n) is 9.55. The van der Waals surface area contributed by atoms with Crippen molar-refractivity contribution in [1.29, 1.82) is 0 Å². The summed E-state index contributed by atoms with van der Waals surface area (Å²) < 4.78 is 17.4. The average Bonchev–Trinajstić information content (AvgIpc) is 3.33. The molecule has 27 heavy (non-hydrogen) atoms. The quantitative estimate of drug-likeness (QED) is 0.455. The van der Waals surface area contributed by atoms with Gasteiger partial charge >= 0.3 is 5.97 Å². The standard InChI is InChI=1S/C22H30O5/c1-12(2)15(5)17-8-7-13(3)9-18-21(26-18)19-10-14(4)16(6)22(24,27-19)11-20(23)25-17/h7-8,15-19,21,24H,1,3-4,9-11H2,2,5-6H3/b8-7+/t15-,16-,17+,18+,19+,21-,22+/m1/s1. The Kier molecular flexibility index (Phi) is 5.48. The maximum atomic E-state index is 12.6. The lowest BCUT2D eigenvalue weighted by molar-refractivity contribution is -0.271. The number of aliphatic hydroxyl groups is 1. The van der Waals surface area contributed by atoms with Crippen LogP contribution in [0.5, 0.6) is 0 Å². The number of allylic oxidation sites excluding steroid dienone is 1. The lowest BCUT2D eigenvalue weighted by atomic mass is 9.83. The third-order valence-electron chi connectivity index (χ3n) is 6.02. The zero-order chi connectivity index (χ0) is 19.9. The van der Waals surface area contributed by atoms with E-state index in [0.29, 0.717) is 12.8 Å². The first-order chi connectivity index (χ1) is 12.6. The Morgan fingerprint density at radius 1 is 1.33 bits per heavy atom. The molecule has 3 aliphatic rings. The molecule has 0 aliphatic carbocycles. The topological polar surface area (TPSA) is 68.3 Å². The van der Waals surface area contributed by atoms with Crippen molar-refractivity contribution in [2.24, 2.45) is 11.8 Å². The highest BCUT2D eigenvalue weighted by molar-refractivity contribution is 5.71. The number of hydrogen-bond acceptors (Lipinski definition) is 5. The molecule has 0 aromatic rings. The SMILES string of the molecule is C=C1/C=C/[C@@H]([C@H](C)C(=C)C)OC(=O)C[C@]2(O)O[C@@H](CC(=C)[C@H]2C)[C@@H]2O[C@H]2C1. The Balaban J connectivity index is 1.89. The summed E-state index contributed by atoms with van der Waals surface area (Å²) in [6, 6.07) is 0. The van der Waals surface area contributed by atoms with Crippen LogP contribution in [0.15, 0.2) is 48.6 Å². The third kappa shape index (κ3) is 4.26. The van der Waals surface area contributed by atoms with Crippen molar-refractivity contribution in [3.05, 3.63) is 48.6 Å². The summed E-state index contributed by atoms with van der Waals surface area (Å²) in [6.07, 6.45) is 3.84. The zero-order valence-corrected chi connectivity index (χ0v) is 16.4. The van der Waals surface area contributed by atoms with Crippen molar-refractivity contribution < 1.29 is 24.1 Å². The average molecular weight is 374 g/mol. The summed E-state index contributed by atoms with van der Waals surface area (Å²) in [6.45, 7) is 17.8. The van der Waals surface area contributed by atoms with Crippen LogP contribution in [-0.4, -0.2) is 41.3 Å². The minimum absolute atomic E-state index is 0.00647. The predicted molar refractivity (Wildman–Crippen MR) is 103 cm³/mol. The molecule has 0 spiro atoms. The summed E-state index contributed by atoms with van der Waals surface area (Å²) in [5.74, 6) is -2.58. The molecule has 0 unspecified atom stereocenters. The third-order valence-corrected chi connectivity index (χ3v) is 6.02. The van der Waals surface area contributed by atoms with Gasteiger partial charge in [0.05, 0.1) is 12.2 Å². The van der Waals surface area contributed by atoms with Crippen molar-refractivity contribution in [2.75, 3.05) is 0 Å². The molecule has 2 saturated heterocycles. The Labute approximate surface area is 161 Å². The molecule has 0 aromatic carbocycles. The molecule has 2 fully saturated rings. The molecule has 0 amide bonds. The number of carbonyl (C=O) groups is 1. The van der Waals surface area contributed by atoms with Gasteiger partial charge in [-0.05, 0) is 19.4 Å². The second-order valence-corrected chi connectivity index (χ2v) is 8.21. The number of esters is 1. The minimum atomic E-state index is -1.64. The van der Waals surface area contributed by atoms with Gasteiger partial charge in [-0.15, -0.1) is 0 Å². The fourth-order valence-corrected chi connectivity index (χ4v) is 3.73. The molecule has 3 rings (SSSR count). The van der Waals surface area contributed by atoms with Crippen LogP contribution in [0.1, 0.15) is 40.0 Å². The smallest absolute Gasteiger partial charge is 0.311 e. The second-order valence-electron chi connectivity index (χ2n) is 8.21. The maximum absolute atomic E-state index is 12.6. The first kappa shape index (κ1) is 20.1. The Bertz CT molecular complexity index is 693. The van der Waals surface area contributed by atoms with E-state index in [0.717, 1.165) is 16.7 Å². The number of fused-ring (bicyclic) bond motifs is 4. The number of rotatable bonds is 2. The molecule has 5 heteroatoms. The van der Waals surface area contributed by atoms with Crippen LogP contribution in [0.25, 0.3) is 0 Å². The minimum Gasteiger partial charge on any atom is -0.457 e. The Hall–Kier alpha value is -1.69. The van der Waals surface area contributed by atoms with Crippen molar-refractivity contribution in [1.82, 2.24) is 0 Å². The van der Waals surface area contributed by atoms with Crippen molar-refractivity contribution >= 4 is 5.97 Å². The van der Waals surface area contributed by atoms with Gasteiger partial charge in [-0.3, -0.25) is 4.79 Å². The summed E-state index contributed by atoms with van der Waals surface area (Å²) in [5, 5.41) is 11.1. The van der Waals surface area contributed by atoms with E-state index in [9.17, 15) is 9.90 Å². The molecule has 3 aliphatic heterocycles. The van der Waals surface area contributed by atoms with Crippen LogP contribution < -0.4 is 0 Å². The van der Waals surface area contributed by atoms with E-state index in [1.165, 1.54) is 0 Å². The molecule has 0 aromatic heterocycles.